The van der Waals surface area contributed by atoms with E-state index in [9.17, 15) is 4.79 Å². The first-order valence-electron chi connectivity index (χ1n) is 7.84. The van der Waals surface area contributed by atoms with Gasteiger partial charge in [-0.25, -0.2) is 0 Å². The molecule has 1 N–H and O–H groups in total. The third-order valence-electron chi connectivity index (χ3n) is 4.19. The maximum absolute atomic E-state index is 12.5. The Morgan fingerprint density at radius 3 is 2.42 bits per heavy atom. The van der Waals surface area contributed by atoms with Gasteiger partial charge in [0, 0.05) is 38.1 Å². The van der Waals surface area contributed by atoms with Crippen LogP contribution in [0.15, 0.2) is 36.5 Å². The summed E-state index contributed by atoms with van der Waals surface area (Å²) in [6, 6.07) is 13.2. The van der Waals surface area contributed by atoms with Crippen LogP contribution >= 0.6 is 0 Å². The van der Waals surface area contributed by atoms with Crippen molar-refractivity contribution in [3.05, 3.63) is 53.3 Å². The van der Waals surface area contributed by atoms with Gasteiger partial charge in [-0.1, -0.05) is 0 Å². The lowest BCUT2D eigenvalue weighted by atomic mass is 10.2. The number of aromatic nitrogens is 1. The monoisotopic (exact) mass is 319 g/mol. The Hall–Kier alpha value is -3.25. The highest BCUT2D eigenvalue weighted by Crippen LogP contribution is 2.18. The van der Waals surface area contributed by atoms with Crippen molar-refractivity contribution in [2.24, 2.45) is 0 Å². The molecule has 0 bridgehead atoms. The van der Waals surface area contributed by atoms with Gasteiger partial charge in [0.05, 0.1) is 17.2 Å². The lowest BCUT2D eigenvalue weighted by Crippen LogP contribution is -2.35. The number of nitriles is 2. The number of rotatable bonds is 2. The van der Waals surface area contributed by atoms with E-state index in [2.05, 4.69) is 16.0 Å². The van der Waals surface area contributed by atoms with Crippen LogP contribution in [-0.2, 0) is 0 Å². The number of benzene rings is 1. The number of hydrogen-bond acceptors (Lipinski definition) is 4. The second-order valence-electron chi connectivity index (χ2n) is 5.71. The van der Waals surface area contributed by atoms with Crippen molar-refractivity contribution in [3.63, 3.8) is 0 Å². The van der Waals surface area contributed by atoms with Gasteiger partial charge < -0.3 is 14.8 Å². The van der Waals surface area contributed by atoms with Crippen LogP contribution in [-0.4, -0.2) is 42.0 Å². The Morgan fingerprint density at radius 1 is 1.00 bits per heavy atom. The van der Waals surface area contributed by atoms with Crippen molar-refractivity contribution in [1.82, 2.24) is 9.88 Å². The van der Waals surface area contributed by atoms with Crippen molar-refractivity contribution in [3.8, 4) is 12.1 Å². The van der Waals surface area contributed by atoms with Gasteiger partial charge in [0.2, 0.25) is 0 Å². The first-order chi connectivity index (χ1) is 11.7. The SMILES string of the molecule is N#Cc1ccc(N2CCCN(C(=O)c3cc(C#N)c[nH]3)CC2)cc1. The van der Waals surface area contributed by atoms with Gasteiger partial charge in [0.25, 0.3) is 5.91 Å². The average molecular weight is 319 g/mol. The highest BCUT2D eigenvalue weighted by atomic mass is 16.2. The summed E-state index contributed by atoms with van der Waals surface area (Å²) < 4.78 is 0. The molecule has 6 heteroatoms. The predicted molar refractivity (Wildman–Crippen MR) is 89.4 cm³/mol. The minimum absolute atomic E-state index is 0.0711. The zero-order valence-electron chi connectivity index (χ0n) is 13.2. The minimum Gasteiger partial charge on any atom is -0.370 e. The summed E-state index contributed by atoms with van der Waals surface area (Å²) in [7, 11) is 0. The van der Waals surface area contributed by atoms with Crippen molar-refractivity contribution in [2.75, 3.05) is 31.1 Å². The van der Waals surface area contributed by atoms with E-state index < -0.39 is 0 Å². The molecule has 0 unspecified atom stereocenters. The van der Waals surface area contributed by atoms with Gasteiger partial charge in [0.1, 0.15) is 11.8 Å². The highest BCUT2D eigenvalue weighted by Gasteiger charge is 2.21. The van der Waals surface area contributed by atoms with Gasteiger partial charge in [-0.2, -0.15) is 10.5 Å². The van der Waals surface area contributed by atoms with Gasteiger partial charge in [-0.05, 0) is 36.8 Å². The fraction of sp³-hybridized carbons (Fsp3) is 0.278. The zero-order chi connectivity index (χ0) is 16.9. The molecule has 6 nitrogen and oxygen atoms in total. The summed E-state index contributed by atoms with van der Waals surface area (Å²) in [6.07, 6.45) is 2.42. The second kappa shape index (κ2) is 6.89. The molecule has 1 saturated heterocycles. The van der Waals surface area contributed by atoms with Crippen LogP contribution in [0, 0.1) is 22.7 Å². The maximum Gasteiger partial charge on any atom is 0.270 e. The van der Waals surface area contributed by atoms with Gasteiger partial charge in [-0.3, -0.25) is 4.79 Å². The number of nitrogens with zero attached hydrogens (tertiary/aromatic N) is 4. The minimum atomic E-state index is -0.0711. The topological polar surface area (TPSA) is 86.9 Å². The molecule has 0 spiro atoms. The number of aromatic amines is 1. The van der Waals surface area contributed by atoms with Crippen LogP contribution in [0.3, 0.4) is 0 Å². The molecule has 0 aliphatic carbocycles. The molecule has 3 rings (SSSR count). The Kier molecular flexibility index (Phi) is 4.49. The largest absolute Gasteiger partial charge is 0.370 e. The zero-order valence-corrected chi connectivity index (χ0v) is 13.2. The molecule has 1 aliphatic heterocycles. The number of carbonyl (C=O) groups excluding carboxylic acids is 1. The Morgan fingerprint density at radius 2 is 1.75 bits per heavy atom. The summed E-state index contributed by atoms with van der Waals surface area (Å²) >= 11 is 0. The molecule has 2 aromatic rings. The van der Waals surface area contributed by atoms with Crippen molar-refractivity contribution < 1.29 is 4.79 Å². The molecular weight excluding hydrogens is 302 g/mol. The number of amides is 1. The lowest BCUT2D eigenvalue weighted by Gasteiger charge is -2.23. The normalized spacial score (nSPS) is 14.6. The fourth-order valence-electron chi connectivity index (χ4n) is 2.88. The van der Waals surface area contributed by atoms with Gasteiger partial charge >= 0.3 is 0 Å². The summed E-state index contributed by atoms with van der Waals surface area (Å²) in [6.45, 7) is 2.92. The molecule has 120 valence electrons. The number of H-pyrrole nitrogens is 1. The molecule has 0 saturated carbocycles. The molecule has 1 aliphatic rings. The molecule has 1 aromatic heterocycles. The van der Waals surface area contributed by atoms with E-state index in [0.29, 0.717) is 29.9 Å². The van der Waals surface area contributed by atoms with Crippen molar-refractivity contribution in [2.45, 2.75) is 6.42 Å². The highest BCUT2D eigenvalue weighted by molar-refractivity contribution is 5.93. The van der Waals surface area contributed by atoms with E-state index in [1.54, 1.807) is 12.3 Å². The van der Waals surface area contributed by atoms with Crippen LogP contribution in [0.2, 0.25) is 0 Å². The molecule has 0 radical (unpaired) electrons. The summed E-state index contributed by atoms with van der Waals surface area (Å²) in [5, 5.41) is 17.7. The first kappa shape index (κ1) is 15.6. The van der Waals surface area contributed by atoms with Crippen LogP contribution in [0.1, 0.15) is 28.0 Å². The standard InChI is InChI=1S/C18H17N5O/c19-11-14-2-4-16(5-3-14)22-6-1-7-23(9-8-22)18(24)17-10-15(12-20)13-21-17/h2-5,10,13,21H,1,6-9H2. The van der Waals surface area contributed by atoms with Crippen LogP contribution < -0.4 is 4.90 Å². The quantitative estimate of drug-likeness (QED) is 0.918. The average Bonchev–Trinajstić information content (AvgIpc) is 2.98. The van der Waals surface area contributed by atoms with Crippen molar-refractivity contribution >= 4 is 11.6 Å². The van der Waals surface area contributed by atoms with Crippen LogP contribution in [0.5, 0.6) is 0 Å². The summed E-state index contributed by atoms with van der Waals surface area (Å²) in [5.41, 5.74) is 2.63. The van der Waals surface area contributed by atoms with Crippen molar-refractivity contribution in [1.29, 1.82) is 10.5 Å². The lowest BCUT2D eigenvalue weighted by molar-refractivity contribution is 0.0762. The van der Waals surface area contributed by atoms with Gasteiger partial charge in [-0.15, -0.1) is 0 Å². The van der Waals surface area contributed by atoms with Crippen LogP contribution in [0.4, 0.5) is 5.69 Å². The van der Waals surface area contributed by atoms with E-state index in [0.717, 1.165) is 25.2 Å². The number of nitrogens with one attached hydrogen (secondary N) is 1. The summed E-state index contributed by atoms with van der Waals surface area (Å²) in [4.78, 5) is 19.5. The smallest absolute Gasteiger partial charge is 0.270 e. The van der Waals surface area contributed by atoms with Gasteiger partial charge in [0.15, 0.2) is 0 Å². The van der Waals surface area contributed by atoms with E-state index >= 15 is 0 Å². The summed E-state index contributed by atoms with van der Waals surface area (Å²) in [5.74, 6) is -0.0711. The fourth-order valence-corrected chi connectivity index (χ4v) is 2.88. The van der Waals surface area contributed by atoms with E-state index in [4.69, 9.17) is 10.5 Å². The molecule has 1 amide bonds. The number of carbonyl (C=O) groups is 1. The number of hydrogen-bond donors (Lipinski definition) is 1. The van der Waals surface area contributed by atoms with E-state index in [1.807, 2.05) is 35.2 Å². The number of anilines is 1. The van der Waals surface area contributed by atoms with E-state index in [-0.39, 0.29) is 5.91 Å². The predicted octanol–water partition coefficient (Wildman–Crippen LogP) is 2.11. The molecular formula is C18H17N5O. The molecule has 1 aromatic carbocycles. The Balaban J connectivity index is 1.67. The third kappa shape index (κ3) is 3.23. The Labute approximate surface area is 140 Å². The van der Waals surface area contributed by atoms with E-state index in [1.165, 1.54) is 0 Å². The first-order valence-corrected chi connectivity index (χ1v) is 7.84. The molecule has 2 heterocycles. The maximum atomic E-state index is 12.5. The Bertz CT molecular complexity index is 809. The second-order valence-corrected chi connectivity index (χ2v) is 5.71. The molecule has 1 fully saturated rings. The molecule has 24 heavy (non-hydrogen) atoms. The molecule has 0 atom stereocenters. The van der Waals surface area contributed by atoms with Crippen LogP contribution in [0.25, 0.3) is 0 Å². The third-order valence-corrected chi connectivity index (χ3v) is 4.19.